The van der Waals surface area contributed by atoms with Gasteiger partial charge < -0.3 is 20.7 Å². The number of benzene rings is 3. The SMILES string of the molecule is COc1ccc(N(C)C(=O)[C@H](Cc2ccccc2)NC(=O)NS(=O)(=O)Nc2ccccc2C(N)=O)cc1. The smallest absolute Gasteiger partial charge is 0.330 e. The van der Waals surface area contributed by atoms with E-state index in [1.165, 1.54) is 36.3 Å². The predicted octanol–water partition coefficient (Wildman–Crippen LogP) is 2.02. The largest absolute Gasteiger partial charge is 0.497 e. The van der Waals surface area contributed by atoms with E-state index in [-0.39, 0.29) is 17.7 Å². The normalized spacial score (nSPS) is 11.6. The van der Waals surface area contributed by atoms with Crippen molar-refractivity contribution in [1.82, 2.24) is 10.0 Å². The fourth-order valence-corrected chi connectivity index (χ4v) is 4.31. The van der Waals surface area contributed by atoms with E-state index in [1.54, 1.807) is 55.6 Å². The summed E-state index contributed by atoms with van der Waals surface area (Å²) in [5, 5.41) is 2.44. The van der Waals surface area contributed by atoms with Crippen LogP contribution in [0.25, 0.3) is 0 Å². The second-order valence-electron chi connectivity index (χ2n) is 7.93. The molecule has 0 unspecified atom stereocenters. The minimum atomic E-state index is -4.47. The Kier molecular flexibility index (Phi) is 8.69. The number of amides is 4. The molecule has 12 heteroatoms. The molecule has 3 rings (SSSR count). The fraction of sp³-hybridized carbons (Fsp3) is 0.160. The summed E-state index contributed by atoms with van der Waals surface area (Å²) < 4.78 is 34.2. The molecule has 0 heterocycles. The molecule has 0 fully saturated rings. The van der Waals surface area contributed by atoms with Crippen LogP contribution in [0.3, 0.4) is 0 Å². The summed E-state index contributed by atoms with van der Waals surface area (Å²) >= 11 is 0. The Morgan fingerprint density at radius 3 is 2.19 bits per heavy atom. The van der Waals surface area contributed by atoms with Crippen molar-refractivity contribution >= 4 is 39.4 Å². The molecule has 5 N–H and O–H groups in total. The van der Waals surface area contributed by atoms with Crippen molar-refractivity contribution in [2.24, 2.45) is 5.73 Å². The molecule has 0 saturated heterocycles. The third kappa shape index (κ3) is 7.45. The summed E-state index contributed by atoms with van der Waals surface area (Å²) in [6, 6.07) is 19.1. The van der Waals surface area contributed by atoms with Crippen LogP contribution in [0.2, 0.25) is 0 Å². The van der Waals surface area contributed by atoms with Crippen molar-refractivity contribution in [2.45, 2.75) is 12.5 Å². The number of hydrogen-bond acceptors (Lipinski definition) is 6. The highest BCUT2D eigenvalue weighted by Crippen LogP contribution is 2.20. The number of carbonyl (C=O) groups is 3. The number of likely N-dealkylation sites (N-methyl/N-ethyl adjacent to an activating group) is 1. The van der Waals surface area contributed by atoms with Gasteiger partial charge in [0.15, 0.2) is 0 Å². The molecular formula is C25H27N5O6S. The Morgan fingerprint density at radius 2 is 1.57 bits per heavy atom. The molecule has 0 saturated carbocycles. The molecule has 1 atom stereocenters. The van der Waals surface area contributed by atoms with Gasteiger partial charge in [-0.2, -0.15) is 8.42 Å². The van der Waals surface area contributed by atoms with E-state index in [9.17, 15) is 22.8 Å². The van der Waals surface area contributed by atoms with Crippen LogP contribution in [0.15, 0.2) is 78.9 Å². The van der Waals surface area contributed by atoms with Crippen molar-refractivity contribution in [3.05, 3.63) is 90.0 Å². The third-order valence-electron chi connectivity index (χ3n) is 5.34. The predicted molar refractivity (Wildman–Crippen MR) is 140 cm³/mol. The maximum atomic E-state index is 13.3. The van der Waals surface area contributed by atoms with Gasteiger partial charge in [-0.3, -0.25) is 14.3 Å². The van der Waals surface area contributed by atoms with Gasteiger partial charge in [-0.05, 0) is 42.0 Å². The van der Waals surface area contributed by atoms with Crippen molar-refractivity contribution in [3.63, 3.8) is 0 Å². The summed E-state index contributed by atoms with van der Waals surface area (Å²) in [6.45, 7) is 0. The first-order valence-corrected chi connectivity index (χ1v) is 12.5. The molecule has 0 radical (unpaired) electrons. The van der Waals surface area contributed by atoms with Crippen LogP contribution < -0.4 is 30.1 Å². The van der Waals surface area contributed by atoms with Gasteiger partial charge in [0.05, 0.1) is 18.4 Å². The van der Waals surface area contributed by atoms with Gasteiger partial charge in [0.25, 0.3) is 5.91 Å². The van der Waals surface area contributed by atoms with E-state index in [0.29, 0.717) is 11.4 Å². The zero-order valence-corrected chi connectivity index (χ0v) is 21.0. The highest BCUT2D eigenvalue weighted by Gasteiger charge is 2.27. The molecule has 3 aromatic carbocycles. The lowest BCUT2D eigenvalue weighted by molar-refractivity contribution is -0.120. The first-order valence-electron chi connectivity index (χ1n) is 11.0. The van der Waals surface area contributed by atoms with E-state index in [0.717, 1.165) is 5.56 Å². The number of nitrogens with one attached hydrogen (secondary N) is 3. The number of carbonyl (C=O) groups excluding carboxylic acids is 3. The van der Waals surface area contributed by atoms with E-state index < -0.39 is 34.1 Å². The number of ether oxygens (including phenoxy) is 1. The quantitative estimate of drug-likeness (QED) is 0.317. The van der Waals surface area contributed by atoms with Crippen LogP contribution >= 0.6 is 0 Å². The molecule has 0 aliphatic carbocycles. The molecule has 194 valence electrons. The summed E-state index contributed by atoms with van der Waals surface area (Å²) in [5.41, 5.74) is 6.39. The van der Waals surface area contributed by atoms with Gasteiger partial charge in [-0.15, -0.1) is 0 Å². The van der Waals surface area contributed by atoms with Gasteiger partial charge in [-0.25, -0.2) is 9.52 Å². The summed E-state index contributed by atoms with van der Waals surface area (Å²) in [6.07, 6.45) is 0.103. The van der Waals surface area contributed by atoms with Crippen molar-refractivity contribution in [1.29, 1.82) is 0 Å². The molecule has 0 aliphatic heterocycles. The molecule has 37 heavy (non-hydrogen) atoms. The first kappa shape index (κ1) is 27.0. The van der Waals surface area contributed by atoms with Crippen molar-refractivity contribution in [2.75, 3.05) is 23.8 Å². The number of hydrogen-bond donors (Lipinski definition) is 4. The average Bonchev–Trinajstić information content (AvgIpc) is 2.87. The zero-order valence-electron chi connectivity index (χ0n) is 20.2. The van der Waals surface area contributed by atoms with Gasteiger partial charge in [-0.1, -0.05) is 42.5 Å². The number of para-hydroxylation sites is 1. The van der Waals surface area contributed by atoms with Crippen LogP contribution in [0.1, 0.15) is 15.9 Å². The average molecular weight is 526 g/mol. The van der Waals surface area contributed by atoms with Crippen LogP contribution in [-0.4, -0.2) is 46.5 Å². The summed E-state index contributed by atoms with van der Waals surface area (Å²) in [4.78, 5) is 39.0. The number of anilines is 2. The van der Waals surface area contributed by atoms with Crippen LogP contribution in [0.4, 0.5) is 16.2 Å². The highest BCUT2D eigenvalue weighted by molar-refractivity contribution is 7.91. The molecular weight excluding hydrogens is 498 g/mol. The van der Waals surface area contributed by atoms with Crippen LogP contribution in [0.5, 0.6) is 5.75 Å². The maximum absolute atomic E-state index is 13.3. The number of nitrogens with two attached hydrogens (primary N) is 1. The second-order valence-corrected chi connectivity index (χ2v) is 9.34. The highest BCUT2D eigenvalue weighted by atomic mass is 32.2. The lowest BCUT2D eigenvalue weighted by atomic mass is 10.0. The molecule has 3 aromatic rings. The van der Waals surface area contributed by atoms with E-state index in [1.807, 2.05) is 10.8 Å². The van der Waals surface area contributed by atoms with Crippen LogP contribution in [-0.2, 0) is 21.4 Å². The Labute approximate surface area is 214 Å². The molecule has 0 spiro atoms. The monoisotopic (exact) mass is 525 g/mol. The van der Waals surface area contributed by atoms with E-state index in [2.05, 4.69) is 10.0 Å². The number of rotatable bonds is 10. The second kappa shape index (κ2) is 11.9. The van der Waals surface area contributed by atoms with Crippen LogP contribution in [0, 0.1) is 0 Å². The number of nitrogens with zero attached hydrogens (tertiary/aromatic N) is 1. The molecule has 0 aromatic heterocycles. The van der Waals surface area contributed by atoms with E-state index >= 15 is 0 Å². The Bertz CT molecular complexity index is 1360. The molecule has 0 aliphatic rings. The lowest BCUT2D eigenvalue weighted by Crippen LogP contribution is -2.53. The summed E-state index contributed by atoms with van der Waals surface area (Å²) in [7, 11) is -1.40. The zero-order chi connectivity index (χ0) is 27.0. The molecule has 4 amide bonds. The van der Waals surface area contributed by atoms with E-state index in [4.69, 9.17) is 10.5 Å². The van der Waals surface area contributed by atoms with Gasteiger partial charge >= 0.3 is 16.2 Å². The minimum absolute atomic E-state index is 0.0773. The summed E-state index contributed by atoms with van der Waals surface area (Å²) in [5.74, 6) is -0.718. The Balaban J connectivity index is 1.78. The number of primary amides is 1. The van der Waals surface area contributed by atoms with Gasteiger partial charge in [0, 0.05) is 19.2 Å². The van der Waals surface area contributed by atoms with Gasteiger partial charge in [0.1, 0.15) is 11.8 Å². The van der Waals surface area contributed by atoms with Crippen molar-refractivity contribution < 1.29 is 27.5 Å². The molecule has 0 bridgehead atoms. The fourth-order valence-electron chi connectivity index (χ4n) is 3.48. The third-order valence-corrected chi connectivity index (χ3v) is 6.28. The minimum Gasteiger partial charge on any atom is -0.497 e. The first-order chi connectivity index (χ1) is 17.6. The standard InChI is InChI=1S/C25H27N5O6S/c1-30(18-12-14-19(36-2)15-13-18)24(32)22(16-17-8-4-3-5-9-17)27-25(33)29-37(34,35)28-21-11-7-6-10-20(21)23(26)31/h3-15,22,28H,16H2,1-2H3,(H2,26,31)(H2,27,29,33)/t22-/m0/s1. The molecule has 11 nitrogen and oxygen atoms in total. The topological polar surface area (TPSA) is 160 Å². The Hall–Kier alpha value is -4.58. The number of urea groups is 1. The number of methoxy groups -OCH3 is 1. The lowest BCUT2D eigenvalue weighted by Gasteiger charge is -2.25. The van der Waals surface area contributed by atoms with Crippen molar-refractivity contribution in [3.8, 4) is 5.75 Å². The van der Waals surface area contributed by atoms with Gasteiger partial charge in [0.2, 0.25) is 5.91 Å². The Morgan fingerprint density at radius 1 is 0.946 bits per heavy atom. The maximum Gasteiger partial charge on any atom is 0.330 e.